The third kappa shape index (κ3) is 4.36. The maximum absolute atomic E-state index is 13.8. The molecule has 4 nitrogen and oxygen atoms in total. The molecule has 1 aromatic carbocycles. The number of imidazole rings is 1. The predicted octanol–water partition coefficient (Wildman–Crippen LogP) is 5.83. The second-order valence-corrected chi connectivity index (χ2v) is 10.1. The Morgan fingerprint density at radius 1 is 0.966 bits per heavy atom. The lowest BCUT2D eigenvalue weighted by Crippen LogP contribution is -2.50. The first kappa shape index (κ1) is 20.4. The fraction of sp³-hybridized carbons (Fsp3) is 0.680. The number of rotatable bonds is 4. The third-order valence-electron chi connectivity index (χ3n) is 6.84. The van der Waals surface area contributed by atoms with E-state index in [1.165, 1.54) is 64.2 Å². The monoisotopic (exact) mass is 395 g/mol. The summed E-state index contributed by atoms with van der Waals surface area (Å²) in [6.07, 6.45) is 12.4. The van der Waals surface area contributed by atoms with E-state index in [0.29, 0.717) is 24.5 Å². The Morgan fingerprint density at radius 2 is 1.52 bits per heavy atom. The zero-order chi connectivity index (χ0) is 20.4. The topological polar surface area (TPSA) is 38.1 Å². The molecule has 158 valence electrons. The van der Waals surface area contributed by atoms with Crippen molar-refractivity contribution in [3.05, 3.63) is 30.1 Å². The Balaban J connectivity index is 1.66. The maximum Gasteiger partial charge on any atom is 0.243 e. The molecule has 0 N–H and O–H groups in total. The number of amides is 1. The number of hydrogen-bond acceptors (Lipinski definition) is 2. The van der Waals surface area contributed by atoms with E-state index in [1.807, 2.05) is 6.07 Å². The van der Waals surface area contributed by atoms with Gasteiger partial charge in [0, 0.05) is 17.5 Å². The van der Waals surface area contributed by atoms with Gasteiger partial charge in [0.2, 0.25) is 5.91 Å². The molecule has 2 aromatic rings. The molecular formula is C25H37N3O. The SMILES string of the molecule is CC(C)(C)c1nc2ccccc2n1CC(=O)N(C1CCCCC1)C1CCCCC1. The van der Waals surface area contributed by atoms with Gasteiger partial charge in [-0.25, -0.2) is 4.98 Å². The highest BCUT2D eigenvalue weighted by molar-refractivity contribution is 5.81. The van der Waals surface area contributed by atoms with Crippen LogP contribution in [0.5, 0.6) is 0 Å². The van der Waals surface area contributed by atoms with Gasteiger partial charge < -0.3 is 9.47 Å². The van der Waals surface area contributed by atoms with Crippen LogP contribution in [-0.2, 0) is 16.8 Å². The Morgan fingerprint density at radius 3 is 2.07 bits per heavy atom. The largest absolute Gasteiger partial charge is 0.335 e. The summed E-state index contributed by atoms with van der Waals surface area (Å²) in [4.78, 5) is 21.1. The Bertz CT molecular complexity index is 817. The molecule has 1 heterocycles. The van der Waals surface area contributed by atoms with Crippen molar-refractivity contribution in [1.29, 1.82) is 0 Å². The van der Waals surface area contributed by atoms with E-state index in [4.69, 9.17) is 4.98 Å². The summed E-state index contributed by atoms with van der Waals surface area (Å²) in [5, 5.41) is 0. The molecule has 2 aliphatic carbocycles. The molecule has 4 rings (SSSR count). The highest BCUT2D eigenvalue weighted by Crippen LogP contribution is 2.32. The number of hydrogen-bond donors (Lipinski definition) is 0. The van der Waals surface area contributed by atoms with Gasteiger partial charge in [0.25, 0.3) is 0 Å². The number of benzene rings is 1. The van der Waals surface area contributed by atoms with E-state index in [2.05, 4.69) is 48.4 Å². The summed E-state index contributed by atoms with van der Waals surface area (Å²) in [6, 6.07) is 9.13. The van der Waals surface area contributed by atoms with E-state index < -0.39 is 0 Å². The molecule has 0 saturated heterocycles. The number of nitrogens with zero attached hydrogens (tertiary/aromatic N) is 3. The molecule has 0 atom stereocenters. The van der Waals surface area contributed by atoms with E-state index in [-0.39, 0.29) is 5.41 Å². The van der Waals surface area contributed by atoms with Gasteiger partial charge in [-0.3, -0.25) is 4.79 Å². The normalized spacial score (nSPS) is 19.6. The third-order valence-corrected chi connectivity index (χ3v) is 6.84. The van der Waals surface area contributed by atoms with Crippen LogP contribution in [0.4, 0.5) is 0 Å². The zero-order valence-corrected chi connectivity index (χ0v) is 18.5. The molecular weight excluding hydrogens is 358 g/mol. The van der Waals surface area contributed by atoms with Crippen LogP contribution in [0, 0.1) is 0 Å². The predicted molar refractivity (Wildman–Crippen MR) is 119 cm³/mol. The lowest BCUT2D eigenvalue weighted by atomic mass is 9.88. The second-order valence-electron chi connectivity index (χ2n) is 10.1. The summed E-state index contributed by atoms with van der Waals surface area (Å²) in [5.41, 5.74) is 1.98. The molecule has 2 saturated carbocycles. The molecule has 0 aliphatic heterocycles. The first-order valence-electron chi connectivity index (χ1n) is 11.7. The van der Waals surface area contributed by atoms with Crippen molar-refractivity contribution in [2.45, 2.75) is 109 Å². The van der Waals surface area contributed by atoms with Gasteiger partial charge in [0.15, 0.2) is 0 Å². The summed E-state index contributed by atoms with van der Waals surface area (Å²) in [6.45, 7) is 6.99. The van der Waals surface area contributed by atoms with Crippen LogP contribution in [0.15, 0.2) is 24.3 Å². The average Bonchev–Trinajstić information content (AvgIpc) is 3.09. The van der Waals surface area contributed by atoms with Crippen molar-refractivity contribution in [2.75, 3.05) is 0 Å². The number of carbonyl (C=O) groups excluding carboxylic acids is 1. The molecule has 0 unspecified atom stereocenters. The van der Waals surface area contributed by atoms with Crippen LogP contribution in [-0.4, -0.2) is 32.4 Å². The van der Waals surface area contributed by atoms with E-state index >= 15 is 0 Å². The summed E-state index contributed by atoms with van der Waals surface area (Å²) in [5.74, 6) is 1.32. The van der Waals surface area contributed by atoms with E-state index in [0.717, 1.165) is 16.9 Å². The minimum atomic E-state index is -0.0974. The molecule has 2 fully saturated rings. The number of para-hydroxylation sites is 2. The van der Waals surface area contributed by atoms with Crippen LogP contribution in [0.1, 0.15) is 90.8 Å². The number of fused-ring (bicyclic) bond motifs is 1. The molecule has 0 radical (unpaired) electrons. The highest BCUT2D eigenvalue weighted by Gasteiger charge is 2.33. The van der Waals surface area contributed by atoms with E-state index in [1.54, 1.807) is 0 Å². The standard InChI is InChI=1S/C25H37N3O/c1-25(2,3)24-26-21-16-10-11-17-22(21)27(24)18-23(29)28(19-12-6-4-7-13-19)20-14-8-5-9-15-20/h10-11,16-17,19-20H,4-9,12-15,18H2,1-3H3. The first-order chi connectivity index (χ1) is 13.9. The molecule has 0 bridgehead atoms. The Labute approximate surface area is 175 Å². The first-order valence-corrected chi connectivity index (χ1v) is 11.7. The van der Waals surface area contributed by atoms with Crippen molar-refractivity contribution in [3.8, 4) is 0 Å². The van der Waals surface area contributed by atoms with Crippen LogP contribution in [0.3, 0.4) is 0 Å². The fourth-order valence-corrected chi connectivity index (χ4v) is 5.45. The molecule has 4 heteroatoms. The zero-order valence-electron chi connectivity index (χ0n) is 18.5. The molecule has 1 aromatic heterocycles. The van der Waals surface area contributed by atoms with Gasteiger partial charge in [0.05, 0.1) is 11.0 Å². The minimum Gasteiger partial charge on any atom is -0.335 e. The van der Waals surface area contributed by atoms with Gasteiger partial charge in [-0.1, -0.05) is 71.4 Å². The van der Waals surface area contributed by atoms with Crippen LogP contribution < -0.4 is 0 Å². The number of aromatic nitrogens is 2. The summed E-state index contributed by atoms with van der Waals surface area (Å²) >= 11 is 0. The average molecular weight is 396 g/mol. The molecule has 0 spiro atoms. The van der Waals surface area contributed by atoms with Gasteiger partial charge in [-0.05, 0) is 37.8 Å². The number of carbonyl (C=O) groups is 1. The lowest BCUT2D eigenvalue weighted by Gasteiger charge is -2.42. The second kappa shape index (κ2) is 8.49. The van der Waals surface area contributed by atoms with Gasteiger partial charge >= 0.3 is 0 Å². The smallest absolute Gasteiger partial charge is 0.243 e. The minimum absolute atomic E-state index is 0.0974. The van der Waals surface area contributed by atoms with Crippen LogP contribution in [0.25, 0.3) is 11.0 Å². The molecule has 1 amide bonds. The lowest BCUT2D eigenvalue weighted by molar-refractivity contribution is -0.138. The maximum atomic E-state index is 13.8. The van der Waals surface area contributed by atoms with Crippen molar-refractivity contribution in [1.82, 2.24) is 14.5 Å². The van der Waals surface area contributed by atoms with Gasteiger partial charge in [0.1, 0.15) is 12.4 Å². The van der Waals surface area contributed by atoms with Gasteiger partial charge in [-0.15, -0.1) is 0 Å². The van der Waals surface area contributed by atoms with Crippen LogP contribution in [0.2, 0.25) is 0 Å². The van der Waals surface area contributed by atoms with Crippen LogP contribution >= 0.6 is 0 Å². The Hall–Kier alpha value is -1.84. The van der Waals surface area contributed by atoms with Crippen molar-refractivity contribution in [2.24, 2.45) is 0 Å². The highest BCUT2D eigenvalue weighted by atomic mass is 16.2. The molecule has 29 heavy (non-hydrogen) atoms. The van der Waals surface area contributed by atoms with E-state index in [9.17, 15) is 4.79 Å². The summed E-state index contributed by atoms with van der Waals surface area (Å²) in [7, 11) is 0. The summed E-state index contributed by atoms with van der Waals surface area (Å²) < 4.78 is 2.19. The Kier molecular flexibility index (Phi) is 5.98. The molecule has 2 aliphatic rings. The van der Waals surface area contributed by atoms with Crippen molar-refractivity contribution in [3.63, 3.8) is 0 Å². The van der Waals surface area contributed by atoms with Gasteiger partial charge in [-0.2, -0.15) is 0 Å². The fourth-order valence-electron chi connectivity index (χ4n) is 5.45. The quantitative estimate of drug-likeness (QED) is 0.653. The van der Waals surface area contributed by atoms with Crippen molar-refractivity contribution >= 4 is 16.9 Å². The van der Waals surface area contributed by atoms with Crippen molar-refractivity contribution < 1.29 is 4.79 Å².